The molecule has 7 heterocycles. The Morgan fingerprint density at radius 3 is 1.57 bits per heavy atom. The molecule has 0 bridgehead atoms. The van der Waals surface area contributed by atoms with E-state index in [1.54, 1.807) is 0 Å². The van der Waals surface area contributed by atoms with Crippen LogP contribution in [0.4, 0.5) is 20.7 Å². The molecule has 7 rings (SSSR count). The third-order valence-corrected chi connectivity index (χ3v) is 9.27. The summed E-state index contributed by atoms with van der Waals surface area (Å²) in [5.41, 5.74) is 8.77. The van der Waals surface area contributed by atoms with Gasteiger partial charge >= 0.3 is 15.6 Å². The molecule has 3 unspecified atom stereocenters. The molecular weight excluding hydrogens is 672 g/mol. The highest BCUT2D eigenvalue weighted by Crippen LogP contribution is 2.54. The zero-order valence-corrected chi connectivity index (χ0v) is 24.4. The standard InChI is InChI=1S/C20H22F2N10O12P2/c21-7-11-5(41-17(7)31-3-25-9-13(31)27-19(23)29-15(9)33)1-39-45(35,36)44-12-6(2-40-46(37,38)43-11)42-18(8(12)22)32-4-26-10-14(32)28-20(24)30-16(10)34/h3-8,11-12,17-18H,1-2H2,(H,35,36)(H,37,38)(H3,23,27,29,33)(H3,24,28,30,34)/t5-,6?,7-,8-,11-,12-,17-,18-/m1/s1. The highest BCUT2D eigenvalue weighted by atomic mass is 31.2. The van der Waals surface area contributed by atoms with Crippen molar-refractivity contribution in [1.29, 1.82) is 0 Å². The Morgan fingerprint density at radius 2 is 1.17 bits per heavy atom. The lowest BCUT2D eigenvalue weighted by Gasteiger charge is -2.27. The zero-order chi connectivity index (χ0) is 32.7. The SMILES string of the molecule is Nc1nc2c(ncn2[C@@H]2O[C@@H]3COP(=O)(O)O[C@@H]4C(COP(=O)(O)O[C@H]3[C@H]2F)O[C@@H](n2cnc3c(=O)[nH]c(N)nc32)[C@@H]4F)c(=O)[nH]1. The number of nitrogens with one attached hydrogen (secondary N) is 2. The van der Waals surface area contributed by atoms with Crippen molar-refractivity contribution in [3.63, 3.8) is 0 Å². The van der Waals surface area contributed by atoms with Gasteiger partial charge in [0, 0.05) is 0 Å². The number of phosphoric ester groups is 2. The summed E-state index contributed by atoms with van der Waals surface area (Å²) in [7, 11) is -10.4. The van der Waals surface area contributed by atoms with Crippen LogP contribution in [0.5, 0.6) is 0 Å². The third-order valence-electron chi connectivity index (χ3n) is 7.30. The molecule has 46 heavy (non-hydrogen) atoms. The van der Waals surface area contributed by atoms with Crippen LogP contribution in [-0.2, 0) is 36.7 Å². The highest BCUT2D eigenvalue weighted by molar-refractivity contribution is 7.47. The number of anilines is 2. The van der Waals surface area contributed by atoms with Gasteiger partial charge in [-0.05, 0) is 0 Å². The van der Waals surface area contributed by atoms with Gasteiger partial charge in [-0.3, -0.25) is 46.8 Å². The van der Waals surface area contributed by atoms with Gasteiger partial charge in [0.2, 0.25) is 11.9 Å². The average molecular weight is 694 g/mol. The summed E-state index contributed by atoms with van der Waals surface area (Å²) in [4.78, 5) is 65.3. The number of hydrogen-bond acceptors (Lipinski definition) is 16. The Labute approximate surface area is 251 Å². The van der Waals surface area contributed by atoms with E-state index in [0.717, 1.165) is 21.8 Å². The third kappa shape index (κ3) is 5.31. The van der Waals surface area contributed by atoms with E-state index in [0.29, 0.717) is 0 Å². The molecule has 3 aliphatic heterocycles. The number of imidazole rings is 2. The predicted octanol–water partition coefficient (Wildman–Crippen LogP) is -1.09. The number of phosphoric acid groups is 2. The number of alkyl halides is 2. The number of hydrogen-bond donors (Lipinski definition) is 6. The van der Waals surface area contributed by atoms with Crippen LogP contribution in [-0.4, -0.2) is 98.8 Å². The van der Waals surface area contributed by atoms with Crippen molar-refractivity contribution in [2.75, 3.05) is 24.7 Å². The average Bonchev–Trinajstić information content (AvgIpc) is 3.72. The van der Waals surface area contributed by atoms with Crippen molar-refractivity contribution in [3.05, 3.63) is 33.4 Å². The van der Waals surface area contributed by atoms with Crippen LogP contribution in [0.2, 0.25) is 0 Å². The molecule has 4 aromatic heterocycles. The second-order valence-corrected chi connectivity index (χ2v) is 13.1. The van der Waals surface area contributed by atoms with E-state index < -0.39 is 89.2 Å². The molecule has 0 radical (unpaired) electrons. The molecule has 3 aliphatic rings. The summed E-state index contributed by atoms with van der Waals surface area (Å²) < 4.78 is 91.0. The number of rotatable bonds is 2. The smallest absolute Gasteiger partial charge is 0.369 e. The van der Waals surface area contributed by atoms with Crippen LogP contribution >= 0.6 is 15.6 Å². The quantitative estimate of drug-likeness (QED) is 0.136. The van der Waals surface area contributed by atoms with Crippen molar-refractivity contribution in [2.45, 2.75) is 49.2 Å². The van der Waals surface area contributed by atoms with E-state index in [4.69, 9.17) is 39.0 Å². The minimum absolute atomic E-state index is 0.214. The Morgan fingerprint density at radius 1 is 0.783 bits per heavy atom. The lowest BCUT2D eigenvalue weighted by atomic mass is 10.1. The number of fused-ring (bicyclic) bond motifs is 4. The maximum Gasteiger partial charge on any atom is 0.472 e. The van der Waals surface area contributed by atoms with Crippen molar-refractivity contribution < 1.29 is 55.3 Å². The summed E-state index contributed by atoms with van der Waals surface area (Å²) in [6, 6.07) is 0. The summed E-state index contributed by atoms with van der Waals surface area (Å²) in [5, 5.41) is 0. The van der Waals surface area contributed by atoms with Crippen LogP contribution in [0.25, 0.3) is 22.3 Å². The number of ether oxygens (including phenoxy) is 2. The molecule has 0 amide bonds. The molecule has 3 fully saturated rings. The van der Waals surface area contributed by atoms with Crippen LogP contribution < -0.4 is 22.6 Å². The summed E-state index contributed by atoms with van der Waals surface area (Å²) in [6.07, 6.45) is -13.4. The monoisotopic (exact) mass is 694 g/mol. The van der Waals surface area contributed by atoms with E-state index in [9.17, 15) is 28.5 Å². The normalized spacial score (nSPS) is 37.1. The van der Waals surface area contributed by atoms with E-state index >= 15 is 8.78 Å². The van der Waals surface area contributed by atoms with Crippen molar-refractivity contribution >= 4 is 49.9 Å². The Bertz CT molecular complexity index is 1910. The Hall–Kier alpha value is -3.70. The lowest BCUT2D eigenvalue weighted by Crippen LogP contribution is -2.37. The van der Waals surface area contributed by atoms with Gasteiger partial charge in [0.15, 0.2) is 47.1 Å². The molecule has 0 aliphatic carbocycles. The van der Waals surface area contributed by atoms with Gasteiger partial charge in [0.25, 0.3) is 11.1 Å². The second-order valence-electron chi connectivity index (χ2n) is 10.2. The van der Waals surface area contributed by atoms with E-state index in [-0.39, 0.29) is 34.2 Å². The molecule has 10 atom stereocenters. The van der Waals surface area contributed by atoms with Crippen LogP contribution in [0.15, 0.2) is 22.2 Å². The molecule has 0 aromatic carbocycles. The Kier molecular flexibility index (Phi) is 7.36. The highest BCUT2D eigenvalue weighted by Gasteiger charge is 2.55. The van der Waals surface area contributed by atoms with Gasteiger partial charge in [-0.15, -0.1) is 0 Å². The van der Waals surface area contributed by atoms with Gasteiger partial charge in [0.05, 0.1) is 25.9 Å². The molecular formula is C20H22F2N10O12P2. The van der Waals surface area contributed by atoms with Gasteiger partial charge in [-0.1, -0.05) is 0 Å². The molecule has 0 saturated carbocycles. The van der Waals surface area contributed by atoms with Gasteiger partial charge < -0.3 is 30.7 Å². The second kappa shape index (κ2) is 10.9. The Balaban J connectivity index is 1.18. The van der Waals surface area contributed by atoms with Crippen LogP contribution in [0.1, 0.15) is 12.5 Å². The fourth-order valence-electron chi connectivity index (χ4n) is 5.32. The number of aromatic amines is 2. The molecule has 22 nitrogen and oxygen atoms in total. The maximum absolute atomic E-state index is 15.9. The number of nitrogen functional groups attached to an aromatic ring is 2. The molecule has 0 spiro atoms. The number of H-pyrrole nitrogens is 2. The molecule has 26 heteroatoms. The molecule has 3 saturated heterocycles. The zero-order valence-electron chi connectivity index (χ0n) is 22.7. The van der Waals surface area contributed by atoms with Crippen molar-refractivity contribution in [1.82, 2.24) is 39.0 Å². The summed E-state index contributed by atoms with van der Waals surface area (Å²) in [5.74, 6) is -0.663. The minimum atomic E-state index is -5.22. The first kappa shape index (κ1) is 30.9. The maximum atomic E-state index is 15.9. The molecule has 8 N–H and O–H groups in total. The first-order valence-electron chi connectivity index (χ1n) is 13.1. The predicted molar refractivity (Wildman–Crippen MR) is 144 cm³/mol. The van der Waals surface area contributed by atoms with Gasteiger partial charge in [-0.2, -0.15) is 9.97 Å². The minimum Gasteiger partial charge on any atom is -0.369 e. The number of aromatic nitrogens is 8. The van der Waals surface area contributed by atoms with E-state index in [1.807, 2.05) is 0 Å². The number of nitrogens with two attached hydrogens (primary N) is 2. The van der Waals surface area contributed by atoms with E-state index in [2.05, 4.69) is 29.9 Å². The fourth-order valence-corrected chi connectivity index (χ4v) is 7.23. The van der Waals surface area contributed by atoms with Crippen LogP contribution in [0, 0.1) is 0 Å². The first-order chi connectivity index (χ1) is 21.7. The molecule has 4 aromatic rings. The van der Waals surface area contributed by atoms with Gasteiger partial charge in [0.1, 0.15) is 24.4 Å². The summed E-state index contributed by atoms with van der Waals surface area (Å²) >= 11 is 0. The topological polar surface area (TPSA) is 309 Å². The lowest BCUT2D eigenvalue weighted by molar-refractivity contribution is -0.0662. The summed E-state index contributed by atoms with van der Waals surface area (Å²) in [6.45, 7) is -1.98. The molecule has 248 valence electrons. The fraction of sp³-hybridized carbons (Fsp3) is 0.500. The number of nitrogens with zero attached hydrogens (tertiary/aromatic N) is 6. The largest absolute Gasteiger partial charge is 0.472 e. The first-order valence-corrected chi connectivity index (χ1v) is 16.1. The number of halogens is 2. The van der Waals surface area contributed by atoms with Gasteiger partial charge in [-0.25, -0.2) is 27.9 Å². The van der Waals surface area contributed by atoms with Crippen LogP contribution in [0.3, 0.4) is 0 Å². The van der Waals surface area contributed by atoms with Crippen molar-refractivity contribution in [2.24, 2.45) is 0 Å². The van der Waals surface area contributed by atoms with Crippen molar-refractivity contribution in [3.8, 4) is 0 Å². The van der Waals surface area contributed by atoms with E-state index in [1.165, 1.54) is 0 Å².